The van der Waals surface area contributed by atoms with E-state index in [0.29, 0.717) is 18.0 Å². The number of rotatable bonds is 6. The van der Waals surface area contributed by atoms with Gasteiger partial charge in [-0.2, -0.15) is 0 Å². The van der Waals surface area contributed by atoms with Crippen molar-refractivity contribution in [2.24, 2.45) is 5.92 Å². The molecule has 0 heterocycles. The molecule has 0 radical (unpaired) electrons. The number of carbonyl (C=O) groups excluding carboxylic acids is 2. The van der Waals surface area contributed by atoms with Gasteiger partial charge >= 0.3 is 5.97 Å². The Hall–Kier alpha value is -1.11. The number of esters is 1. The molecule has 0 spiro atoms. The second-order valence-electron chi connectivity index (χ2n) is 4.65. The van der Waals surface area contributed by atoms with E-state index in [4.69, 9.17) is 4.74 Å². The van der Waals surface area contributed by atoms with E-state index in [1.807, 2.05) is 26.0 Å². The molecule has 0 bridgehead atoms. The summed E-state index contributed by atoms with van der Waals surface area (Å²) in [5.41, 5.74) is 0.698. The molecule has 0 atom stereocenters. The number of nitrogens with one attached hydrogen (secondary N) is 1. The van der Waals surface area contributed by atoms with Crippen molar-refractivity contribution in [3.05, 3.63) is 27.8 Å². The Morgan fingerprint density at radius 1 is 1.26 bits per heavy atom. The lowest BCUT2D eigenvalue weighted by molar-refractivity contribution is -0.147. The summed E-state index contributed by atoms with van der Waals surface area (Å²) in [4.78, 5) is 22.9. The highest BCUT2D eigenvalue weighted by molar-refractivity contribution is 14.1. The molecule has 1 aromatic carbocycles. The van der Waals surface area contributed by atoms with Gasteiger partial charge in [-0.25, -0.2) is 0 Å². The quantitative estimate of drug-likeness (QED) is 0.614. The third-order valence-electron chi connectivity index (χ3n) is 2.42. The van der Waals surface area contributed by atoms with Gasteiger partial charge in [-0.05, 0) is 59.2 Å². The minimum atomic E-state index is -0.327. The average Bonchev–Trinajstić information content (AvgIpc) is 2.36. The number of hydrogen-bond acceptors (Lipinski definition) is 3. The maximum atomic E-state index is 11.5. The zero-order chi connectivity index (χ0) is 14.3. The van der Waals surface area contributed by atoms with E-state index in [9.17, 15) is 9.59 Å². The van der Waals surface area contributed by atoms with Crippen molar-refractivity contribution < 1.29 is 14.3 Å². The molecule has 1 N–H and O–H groups in total. The number of ether oxygens (including phenoxy) is 1. The van der Waals surface area contributed by atoms with Crippen LogP contribution in [0.15, 0.2) is 24.3 Å². The highest BCUT2D eigenvalue weighted by atomic mass is 127. The number of carbonyl (C=O) groups is 2. The maximum Gasteiger partial charge on any atom is 0.306 e. The molecule has 0 fully saturated rings. The van der Waals surface area contributed by atoms with E-state index >= 15 is 0 Å². The normalized spacial score (nSPS) is 10.3. The van der Waals surface area contributed by atoms with Crippen LogP contribution in [0.4, 0.5) is 5.69 Å². The van der Waals surface area contributed by atoms with Gasteiger partial charge in [0.25, 0.3) is 5.91 Å². The lowest BCUT2D eigenvalue weighted by atomic mass is 10.1. The summed E-state index contributed by atoms with van der Waals surface area (Å²) >= 11 is 2.19. The molecule has 0 aliphatic carbocycles. The fraction of sp³-hybridized carbons (Fsp3) is 0.429. The molecule has 19 heavy (non-hydrogen) atoms. The fourth-order valence-electron chi connectivity index (χ4n) is 1.36. The average molecular weight is 375 g/mol. The van der Waals surface area contributed by atoms with Crippen LogP contribution in [0.1, 0.15) is 26.7 Å². The van der Waals surface area contributed by atoms with Crippen LogP contribution in [0.2, 0.25) is 0 Å². The number of halogens is 1. The van der Waals surface area contributed by atoms with Crippen molar-refractivity contribution >= 4 is 40.2 Å². The summed E-state index contributed by atoms with van der Waals surface area (Å²) in [5, 5.41) is 2.67. The fourth-order valence-corrected chi connectivity index (χ4v) is 1.71. The van der Waals surface area contributed by atoms with E-state index < -0.39 is 0 Å². The number of anilines is 1. The topological polar surface area (TPSA) is 55.4 Å². The van der Waals surface area contributed by atoms with Crippen LogP contribution in [-0.2, 0) is 14.3 Å². The van der Waals surface area contributed by atoms with Gasteiger partial charge in [-0.15, -0.1) is 0 Å². The molecule has 5 heteroatoms. The Kier molecular flexibility index (Phi) is 6.83. The zero-order valence-corrected chi connectivity index (χ0v) is 13.3. The standard InChI is InChI=1S/C14H18INO3/c1-10(2)3-8-14(18)19-9-13(17)16-12-6-4-11(15)5-7-12/h4-7,10H,3,8-9H2,1-2H3,(H,16,17). The Morgan fingerprint density at radius 2 is 1.89 bits per heavy atom. The number of hydrogen-bond donors (Lipinski definition) is 1. The third kappa shape index (κ3) is 7.15. The summed E-state index contributed by atoms with van der Waals surface area (Å²) < 4.78 is 5.99. The molecule has 0 aliphatic heterocycles. The van der Waals surface area contributed by atoms with Crippen LogP contribution < -0.4 is 5.32 Å². The van der Waals surface area contributed by atoms with Crippen LogP contribution in [0.5, 0.6) is 0 Å². The first-order valence-corrected chi connectivity index (χ1v) is 7.26. The molecule has 4 nitrogen and oxygen atoms in total. The van der Waals surface area contributed by atoms with Crippen molar-refractivity contribution in [3.8, 4) is 0 Å². The minimum absolute atomic E-state index is 0.233. The van der Waals surface area contributed by atoms with E-state index in [1.54, 1.807) is 12.1 Å². The molecular weight excluding hydrogens is 357 g/mol. The predicted octanol–water partition coefficient (Wildman–Crippen LogP) is 3.21. The summed E-state index contributed by atoms with van der Waals surface area (Å²) in [6.45, 7) is 3.84. The Morgan fingerprint density at radius 3 is 2.47 bits per heavy atom. The van der Waals surface area contributed by atoms with Crippen LogP contribution >= 0.6 is 22.6 Å². The molecule has 1 amide bonds. The van der Waals surface area contributed by atoms with Crippen LogP contribution in [0.25, 0.3) is 0 Å². The molecule has 0 unspecified atom stereocenters. The maximum absolute atomic E-state index is 11.5. The molecule has 104 valence electrons. The lowest BCUT2D eigenvalue weighted by Crippen LogP contribution is -2.20. The Balaban J connectivity index is 2.28. The van der Waals surface area contributed by atoms with Crippen molar-refractivity contribution in [2.75, 3.05) is 11.9 Å². The summed E-state index contributed by atoms with van der Waals surface area (Å²) in [6.07, 6.45) is 1.13. The van der Waals surface area contributed by atoms with E-state index in [-0.39, 0.29) is 18.5 Å². The smallest absolute Gasteiger partial charge is 0.306 e. The monoisotopic (exact) mass is 375 g/mol. The second-order valence-corrected chi connectivity index (χ2v) is 5.89. The third-order valence-corrected chi connectivity index (χ3v) is 3.14. The predicted molar refractivity (Wildman–Crippen MR) is 82.8 cm³/mol. The molecule has 0 saturated carbocycles. The van der Waals surface area contributed by atoms with E-state index in [0.717, 1.165) is 9.99 Å². The Labute approximate surface area is 127 Å². The van der Waals surface area contributed by atoms with Crippen LogP contribution in [0.3, 0.4) is 0 Å². The van der Waals surface area contributed by atoms with Gasteiger partial charge in [-0.3, -0.25) is 9.59 Å². The first kappa shape index (κ1) is 15.9. The number of amides is 1. The summed E-state index contributed by atoms with van der Waals surface area (Å²) in [7, 11) is 0. The SMILES string of the molecule is CC(C)CCC(=O)OCC(=O)Nc1ccc(I)cc1. The first-order chi connectivity index (χ1) is 8.97. The highest BCUT2D eigenvalue weighted by Gasteiger charge is 2.08. The van der Waals surface area contributed by atoms with Gasteiger partial charge < -0.3 is 10.1 Å². The van der Waals surface area contributed by atoms with Crippen molar-refractivity contribution in [1.82, 2.24) is 0 Å². The Bertz CT molecular complexity index is 429. The second kappa shape index (κ2) is 8.14. The van der Waals surface area contributed by atoms with Crippen LogP contribution in [0, 0.1) is 9.49 Å². The number of benzene rings is 1. The lowest BCUT2D eigenvalue weighted by Gasteiger charge is -2.07. The summed E-state index contributed by atoms with van der Waals surface area (Å²) in [6, 6.07) is 7.40. The first-order valence-electron chi connectivity index (χ1n) is 6.18. The van der Waals surface area contributed by atoms with Crippen molar-refractivity contribution in [3.63, 3.8) is 0 Å². The van der Waals surface area contributed by atoms with Gasteiger partial charge in [0.2, 0.25) is 0 Å². The molecule has 0 saturated heterocycles. The van der Waals surface area contributed by atoms with Gasteiger partial charge in [0.15, 0.2) is 6.61 Å². The molecular formula is C14H18INO3. The molecule has 0 aliphatic rings. The van der Waals surface area contributed by atoms with Gasteiger partial charge in [0.1, 0.15) is 0 Å². The van der Waals surface area contributed by atoms with E-state index in [2.05, 4.69) is 27.9 Å². The largest absolute Gasteiger partial charge is 0.456 e. The molecule has 1 rings (SSSR count). The van der Waals surface area contributed by atoms with Gasteiger partial charge in [-0.1, -0.05) is 13.8 Å². The molecule has 1 aromatic rings. The van der Waals surface area contributed by atoms with Gasteiger partial charge in [0.05, 0.1) is 0 Å². The zero-order valence-electron chi connectivity index (χ0n) is 11.1. The molecule has 0 aromatic heterocycles. The van der Waals surface area contributed by atoms with Crippen molar-refractivity contribution in [1.29, 1.82) is 0 Å². The van der Waals surface area contributed by atoms with Crippen molar-refractivity contribution in [2.45, 2.75) is 26.7 Å². The van der Waals surface area contributed by atoms with E-state index in [1.165, 1.54) is 0 Å². The highest BCUT2D eigenvalue weighted by Crippen LogP contribution is 2.11. The van der Waals surface area contributed by atoms with Gasteiger partial charge in [0, 0.05) is 15.7 Å². The van der Waals surface area contributed by atoms with Crippen LogP contribution in [-0.4, -0.2) is 18.5 Å². The summed E-state index contributed by atoms with van der Waals surface area (Å²) in [5.74, 6) is -0.196. The minimum Gasteiger partial charge on any atom is -0.456 e.